The van der Waals surface area contributed by atoms with Crippen molar-refractivity contribution in [1.82, 2.24) is 0 Å². The highest BCUT2D eigenvalue weighted by atomic mass is 31.1. The van der Waals surface area contributed by atoms with E-state index >= 15 is 0 Å². The van der Waals surface area contributed by atoms with Gasteiger partial charge in [-0.15, -0.1) is 0 Å². The molecule has 4 heteroatoms. The van der Waals surface area contributed by atoms with Crippen LogP contribution in [0, 0.1) is 5.92 Å². The molecule has 2 saturated carbocycles. The second-order valence-corrected chi connectivity index (χ2v) is 7.19. The predicted octanol–water partition coefficient (Wildman–Crippen LogP) is 2.95. The van der Waals surface area contributed by atoms with Crippen molar-refractivity contribution < 1.29 is 4.57 Å². The molecule has 0 heterocycles. The van der Waals surface area contributed by atoms with Gasteiger partial charge in [0.1, 0.15) is 6.16 Å². The summed E-state index contributed by atoms with van der Waals surface area (Å²) in [6.07, 6.45) is 12.4. The molecule has 0 radical (unpaired) electrons. The Hall–Kier alpha value is 0.0200. The summed E-state index contributed by atoms with van der Waals surface area (Å²) in [4.78, 5) is 0. The summed E-state index contributed by atoms with van der Waals surface area (Å²) in [5.74, 6) is 0.251. The average molecular weight is 271 g/mol. The third kappa shape index (κ3) is 2.95. The van der Waals surface area contributed by atoms with Crippen molar-refractivity contribution in [2.75, 3.05) is 6.16 Å². The minimum atomic E-state index is -0.262. The van der Waals surface area contributed by atoms with Gasteiger partial charge in [0.05, 0.1) is 0 Å². The van der Waals surface area contributed by atoms with Gasteiger partial charge in [-0.1, -0.05) is 43.1 Å². The van der Waals surface area contributed by atoms with Crippen molar-refractivity contribution in [3.05, 3.63) is 0 Å². The molecule has 1 atom stereocenters. The van der Waals surface area contributed by atoms with Gasteiger partial charge in [-0.2, -0.15) is 0 Å². The van der Waals surface area contributed by atoms with Crippen LogP contribution in [0.3, 0.4) is 0 Å². The SMILES string of the molecule is NC1(C(C[PH+]=O)C2(N)CCCCC2)CCCCC1. The first-order valence-corrected chi connectivity index (χ1v) is 8.65. The van der Waals surface area contributed by atoms with Crippen LogP contribution in [0.15, 0.2) is 0 Å². The standard InChI is InChI=1S/C14H27N2OP/c15-13(7-3-1-4-8-13)12(11-18-17)14(16)9-5-2-6-10-14/h12H,1-11,15-16H2/p+1. The predicted molar refractivity (Wildman–Crippen MR) is 77.4 cm³/mol. The third-order valence-corrected chi connectivity index (χ3v) is 5.82. The Kier molecular flexibility index (Phi) is 4.80. The van der Waals surface area contributed by atoms with Crippen molar-refractivity contribution in [2.45, 2.75) is 75.3 Å². The molecule has 0 saturated heterocycles. The van der Waals surface area contributed by atoms with Crippen LogP contribution in [-0.4, -0.2) is 17.2 Å². The Balaban J connectivity index is 2.17. The molecule has 0 aromatic carbocycles. The van der Waals surface area contributed by atoms with Crippen LogP contribution in [0.25, 0.3) is 0 Å². The summed E-state index contributed by atoms with van der Waals surface area (Å²) in [6.45, 7) is 0. The Morgan fingerprint density at radius 2 is 1.22 bits per heavy atom. The van der Waals surface area contributed by atoms with E-state index in [0.29, 0.717) is 6.16 Å². The third-order valence-electron chi connectivity index (χ3n) is 5.24. The molecule has 2 rings (SSSR count). The zero-order valence-electron chi connectivity index (χ0n) is 11.4. The highest BCUT2D eigenvalue weighted by molar-refractivity contribution is 7.23. The average Bonchev–Trinajstić information content (AvgIpc) is 2.37. The van der Waals surface area contributed by atoms with Crippen LogP contribution >= 0.6 is 8.46 Å². The number of rotatable bonds is 4. The van der Waals surface area contributed by atoms with Crippen LogP contribution < -0.4 is 11.5 Å². The van der Waals surface area contributed by atoms with Crippen molar-refractivity contribution >= 4 is 8.46 Å². The molecule has 0 aliphatic heterocycles. The van der Waals surface area contributed by atoms with E-state index in [-0.39, 0.29) is 25.5 Å². The van der Waals surface area contributed by atoms with E-state index in [1.165, 1.54) is 38.5 Å². The first-order chi connectivity index (χ1) is 8.61. The van der Waals surface area contributed by atoms with Crippen LogP contribution in [-0.2, 0) is 4.57 Å². The number of nitrogens with two attached hydrogens (primary N) is 2. The van der Waals surface area contributed by atoms with Crippen LogP contribution in [0.1, 0.15) is 64.2 Å². The monoisotopic (exact) mass is 271 g/mol. The van der Waals surface area contributed by atoms with Crippen LogP contribution in [0.4, 0.5) is 0 Å². The van der Waals surface area contributed by atoms with Gasteiger partial charge in [0.25, 0.3) is 0 Å². The smallest absolute Gasteiger partial charge is 0.325 e. The molecule has 3 nitrogen and oxygen atoms in total. The van der Waals surface area contributed by atoms with Crippen LogP contribution in [0.5, 0.6) is 0 Å². The highest BCUT2D eigenvalue weighted by Crippen LogP contribution is 2.43. The second-order valence-electron chi connectivity index (χ2n) is 6.49. The number of hydrogen-bond acceptors (Lipinski definition) is 3. The topological polar surface area (TPSA) is 69.1 Å². The molecule has 0 amide bonds. The first kappa shape index (κ1) is 14.4. The lowest BCUT2D eigenvalue weighted by molar-refractivity contribution is 0.102. The molecule has 2 fully saturated rings. The Morgan fingerprint density at radius 3 is 1.56 bits per heavy atom. The summed E-state index contributed by atoms with van der Waals surface area (Å²) in [6, 6.07) is 0. The quantitative estimate of drug-likeness (QED) is 0.772. The van der Waals surface area contributed by atoms with Crippen molar-refractivity contribution in [3.63, 3.8) is 0 Å². The fourth-order valence-corrected chi connectivity index (χ4v) is 5.16. The Labute approximate surface area is 112 Å². The lowest BCUT2D eigenvalue weighted by Gasteiger charge is -2.49. The Morgan fingerprint density at radius 1 is 0.833 bits per heavy atom. The second kappa shape index (κ2) is 5.98. The maximum absolute atomic E-state index is 11.2. The molecule has 18 heavy (non-hydrogen) atoms. The minimum Gasteiger partial charge on any atom is -0.325 e. The maximum atomic E-state index is 11.2. The summed E-state index contributed by atoms with van der Waals surface area (Å²) in [5, 5.41) is 0. The molecular weight excluding hydrogens is 243 g/mol. The summed E-state index contributed by atoms with van der Waals surface area (Å²) < 4.78 is 11.2. The zero-order valence-corrected chi connectivity index (χ0v) is 12.4. The van der Waals surface area contributed by atoms with Crippen molar-refractivity contribution in [2.24, 2.45) is 17.4 Å². The lowest BCUT2D eigenvalue weighted by Crippen LogP contribution is -2.63. The molecule has 0 bridgehead atoms. The van der Waals surface area contributed by atoms with E-state index < -0.39 is 0 Å². The zero-order chi connectivity index (χ0) is 13.1. The molecular formula is C14H28N2OP+. The molecule has 4 N–H and O–H groups in total. The Bertz CT molecular complexity index is 260. The first-order valence-electron chi connectivity index (χ1n) is 7.53. The van der Waals surface area contributed by atoms with Gasteiger partial charge < -0.3 is 11.5 Å². The molecule has 0 spiro atoms. The van der Waals surface area contributed by atoms with Crippen LogP contribution in [0.2, 0.25) is 0 Å². The maximum Gasteiger partial charge on any atom is 0.325 e. The van der Waals surface area contributed by atoms with Crippen molar-refractivity contribution in [3.8, 4) is 0 Å². The van der Waals surface area contributed by atoms with Gasteiger partial charge in [0, 0.05) is 17.0 Å². The van der Waals surface area contributed by atoms with Gasteiger partial charge in [-0.05, 0) is 25.7 Å². The van der Waals surface area contributed by atoms with E-state index in [0.717, 1.165) is 25.7 Å². The molecule has 0 aromatic heterocycles. The highest BCUT2D eigenvalue weighted by Gasteiger charge is 2.49. The van der Waals surface area contributed by atoms with E-state index in [9.17, 15) is 4.57 Å². The molecule has 2 aliphatic rings. The summed E-state index contributed by atoms with van der Waals surface area (Å²) >= 11 is 0. The molecule has 0 aromatic rings. The van der Waals surface area contributed by atoms with Crippen molar-refractivity contribution in [1.29, 1.82) is 0 Å². The fourth-order valence-electron chi connectivity index (χ4n) is 4.18. The summed E-state index contributed by atoms with van der Waals surface area (Å²) in [7, 11) is -0.262. The fraction of sp³-hybridized carbons (Fsp3) is 1.00. The van der Waals surface area contributed by atoms with Gasteiger partial charge in [0.15, 0.2) is 0 Å². The van der Waals surface area contributed by atoms with Gasteiger partial charge in [0.2, 0.25) is 0 Å². The molecule has 2 aliphatic carbocycles. The van der Waals surface area contributed by atoms with Gasteiger partial charge in [-0.25, -0.2) is 0 Å². The molecule has 1 unspecified atom stereocenters. The number of hydrogen-bond donors (Lipinski definition) is 2. The lowest BCUT2D eigenvalue weighted by atomic mass is 9.62. The van der Waals surface area contributed by atoms with E-state index in [4.69, 9.17) is 11.5 Å². The minimum absolute atomic E-state index is 0.151. The largest absolute Gasteiger partial charge is 0.325 e. The van der Waals surface area contributed by atoms with E-state index in [1.807, 2.05) is 0 Å². The van der Waals surface area contributed by atoms with Gasteiger partial charge in [-0.3, -0.25) is 0 Å². The van der Waals surface area contributed by atoms with Gasteiger partial charge >= 0.3 is 8.46 Å². The van der Waals surface area contributed by atoms with E-state index in [1.54, 1.807) is 0 Å². The van der Waals surface area contributed by atoms with E-state index in [2.05, 4.69) is 0 Å². The summed E-state index contributed by atoms with van der Waals surface area (Å²) in [5.41, 5.74) is 13.1. The normalized spacial score (nSPS) is 27.5. The molecule has 104 valence electrons.